The predicted molar refractivity (Wildman–Crippen MR) is 57.2 cm³/mol. The van der Waals surface area contributed by atoms with Crippen LogP contribution in [0.1, 0.15) is 10.5 Å². The van der Waals surface area contributed by atoms with Gasteiger partial charge in [0.05, 0.1) is 13.3 Å². The van der Waals surface area contributed by atoms with Gasteiger partial charge in [0.2, 0.25) is 6.20 Å². The molecule has 2 aromatic heterocycles. The fraction of sp³-hybridized carbons (Fsp3) is 0.200. The summed E-state index contributed by atoms with van der Waals surface area (Å²) < 4.78 is 6.21. The van der Waals surface area contributed by atoms with Crippen LogP contribution in [0.5, 0.6) is 0 Å². The number of ether oxygens (including phenoxy) is 1. The number of nitrogens with zero attached hydrogens (tertiary/aromatic N) is 2. The zero-order chi connectivity index (χ0) is 12.4. The van der Waals surface area contributed by atoms with Crippen LogP contribution >= 0.6 is 0 Å². The van der Waals surface area contributed by atoms with Gasteiger partial charge in [-0.3, -0.25) is 4.79 Å². The molecule has 2 aromatic rings. The molecule has 88 valence electrons. The van der Waals surface area contributed by atoms with Crippen LogP contribution in [-0.4, -0.2) is 28.1 Å². The van der Waals surface area contributed by atoms with Crippen molar-refractivity contribution in [2.45, 2.75) is 0 Å². The first-order chi connectivity index (χ1) is 8.10. The molecule has 7 nitrogen and oxygen atoms in total. The third-order valence-corrected chi connectivity index (χ3v) is 2.17. The second kappa shape index (κ2) is 4.20. The van der Waals surface area contributed by atoms with E-state index < -0.39 is 11.5 Å². The summed E-state index contributed by atoms with van der Waals surface area (Å²) in [5, 5.41) is 2.89. The van der Waals surface area contributed by atoms with E-state index in [1.165, 1.54) is 7.11 Å². The number of aromatic amines is 2. The van der Waals surface area contributed by atoms with Gasteiger partial charge in [0.25, 0.3) is 5.56 Å². The maximum Gasteiger partial charge on any atom is 0.356 e. The Kier molecular flexibility index (Phi) is 2.73. The van der Waals surface area contributed by atoms with Gasteiger partial charge >= 0.3 is 5.97 Å². The average Bonchev–Trinajstić information content (AvgIpc) is 2.74. The Morgan fingerprint density at radius 3 is 2.88 bits per heavy atom. The highest BCUT2D eigenvalue weighted by atomic mass is 16.5. The van der Waals surface area contributed by atoms with E-state index in [1.54, 1.807) is 24.1 Å². The van der Waals surface area contributed by atoms with Gasteiger partial charge in [-0.25, -0.2) is 9.78 Å². The van der Waals surface area contributed by atoms with Gasteiger partial charge in [-0.15, -0.1) is 4.68 Å². The predicted octanol–water partition coefficient (Wildman–Crippen LogP) is -0.624. The molecule has 0 radical (unpaired) electrons. The van der Waals surface area contributed by atoms with Crippen molar-refractivity contribution in [1.29, 1.82) is 0 Å². The van der Waals surface area contributed by atoms with Crippen molar-refractivity contribution in [3.05, 3.63) is 34.5 Å². The lowest BCUT2D eigenvalue weighted by molar-refractivity contribution is -0.726. The maximum absolute atomic E-state index is 11.4. The monoisotopic (exact) mass is 235 g/mol. The third-order valence-electron chi connectivity index (χ3n) is 2.17. The van der Waals surface area contributed by atoms with E-state index in [-0.39, 0.29) is 5.69 Å². The van der Waals surface area contributed by atoms with Gasteiger partial charge in [0.15, 0.2) is 12.7 Å². The summed E-state index contributed by atoms with van der Waals surface area (Å²) in [5.41, 5.74) is 0.254. The third kappa shape index (κ3) is 2.22. The molecule has 2 N–H and O–H groups in total. The molecule has 0 bridgehead atoms. The highest BCUT2D eigenvalue weighted by molar-refractivity contribution is 5.87. The van der Waals surface area contributed by atoms with Gasteiger partial charge in [-0.1, -0.05) is 0 Å². The number of aryl methyl sites for hydroxylation is 1. The molecule has 0 atom stereocenters. The number of aromatic nitrogens is 4. The lowest BCUT2D eigenvalue weighted by Gasteiger charge is -1.99. The van der Waals surface area contributed by atoms with Crippen molar-refractivity contribution in [3.63, 3.8) is 0 Å². The Balaban J connectivity index is 2.52. The van der Waals surface area contributed by atoms with E-state index in [4.69, 9.17) is 0 Å². The first-order valence-corrected chi connectivity index (χ1v) is 4.84. The van der Waals surface area contributed by atoms with Gasteiger partial charge in [-0.05, 0) is 0 Å². The molecule has 2 rings (SSSR count). The summed E-state index contributed by atoms with van der Waals surface area (Å²) in [4.78, 5) is 29.3. The number of carbonyl (C=O) groups excluding carboxylic acids is 1. The van der Waals surface area contributed by atoms with Crippen LogP contribution < -0.4 is 10.2 Å². The molecule has 0 saturated heterocycles. The minimum absolute atomic E-state index is 0.0184. The summed E-state index contributed by atoms with van der Waals surface area (Å²) in [6.45, 7) is 0. The number of carbonyl (C=O) groups is 1. The zero-order valence-electron chi connectivity index (χ0n) is 9.35. The van der Waals surface area contributed by atoms with Gasteiger partial charge in [-0.2, -0.15) is 5.10 Å². The quantitative estimate of drug-likeness (QED) is 0.536. The second-order valence-corrected chi connectivity index (χ2v) is 3.44. The molecule has 0 aliphatic rings. The van der Waals surface area contributed by atoms with E-state index >= 15 is 0 Å². The van der Waals surface area contributed by atoms with Crippen LogP contribution in [0.3, 0.4) is 0 Å². The van der Waals surface area contributed by atoms with Crippen LogP contribution in [0.2, 0.25) is 0 Å². The van der Waals surface area contributed by atoms with E-state index in [0.717, 1.165) is 6.07 Å². The summed E-state index contributed by atoms with van der Waals surface area (Å²) in [6, 6.07) is 1.10. The second-order valence-electron chi connectivity index (χ2n) is 3.44. The van der Waals surface area contributed by atoms with Crippen molar-refractivity contribution in [3.8, 4) is 11.4 Å². The largest absolute Gasteiger partial charge is 0.464 e. The topological polar surface area (TPSA) is 91.7 Å². The van der Waals surface area contributed by atoms with E-state index in [2.05, 4.69) is 19.8 Å². The van der Waals surface area contributed by atoms with Gasteiger partial charge in [0, 0.05) is 6.07 Å². The van der Waals surface area contributed by atoms with Crippen molar-refractivity contribution in [1.82, 2.24) is 15.1 Å². The zero-order valence-corrected chi connectivity index (χ0v) is 9.35. The van der Waals surface area contributed by atoms with Crippen molar-refractivity contribution in [2.24, 2.45) is 7.05 Å². The lowest BCUT2D eigenvalue weighted by Crippen LogP contribution is -2.27. The SMILES string of the molecule is COC(=O)c1cc(=O)[nH]c(-c2c[nH][n+](C)c2)n1. The molecular weight excluding hydrogens is 224 g/mol. The van der Waals surface area contributed by atoms with Crippen LogP contribution in [0.4, 0.5) is 0 Å². The summed E-state index contributed by atoms with van der Waals surface area (Å²) >= 11 is 0. The van der Waals surface area contributed by atoms with Crippen LogP contribution in [0.25, 0.3) is 11.4 Å². The number of H-pyrrole nitrogens is 2. The van der Waals surface area contributed by atoms with Crippen molar-refractivity contribution < 1.29 is 14.2 Å². The molecule has 0 saturated carbocycles. The number of nitrogens with one attached hydrogen (secondary N) is 2. The Bertz CT molecular complexity index is 614. The molecular formula is C10H11N4O3+. The van der Waals surface area contributed by atoms with Crippen molar-refractivity contribution in [2.75, 3.05) is 7.11 Å². The molecule has 0 fully saturated rings. The summed E-state index contributed by atoms with van der Waals surface area (Å²) in [7, 11) is 3.03. The minimum Gasteiger partial charge on any atom is -0.464 e. The fourth-order valence-electron chi connectivity index (χ4n) is 1.39. The maximum atomic E-state index is 11.4. The lowest BCUT2D eigenvalue weighted by atomic mass is 10.3. The molecule has 0 amide bonds. The molecule has 7 heteroatoms. The molecule has 0 aliphatic heterocycles. The van der Waals surface area contributed by atoms with Crippen molar-refractivity contribution >= 4 is 5.97 Å². The molecule has 2 heterocycles. The summed E-state index contributed by atoms with van der Waals surface area (Å²) in [5.74, 6) is -0.327. The standard InChI is InChI=1S/C10H10N4O3/c1-14-5-6(4-11-14)9-12-7(10(16)17-2)3-8(15)13-9/h3-5H,1-2H3,(H,12,13,15)/p+1. The Hall–Kier alpha value is -2.44. The molecule has 0 spiro atoms. The number of rotatable bonds is 2. The Morgan fingerprint density at radius 2 is 2.29 bits per heavy atom. The van der Waals surface area contributed by atoms with E-state index in [0.29, 0.717) is 11.4 Å². The first-order valence-electron chi connectivity index (χ1n) is 4.84. The number of hydrogen-bond donors (Lipinski definition) is 2. The minimum atomic E-state index is -0.641. The number of methoxy groups -OCH3 is 1. The normalized spacial score (nSPS) is 10.2. The highest BCUT2D eigenvalue weighted by Gasteiger charge is 2.13. The molecule has 0 aromatic carbocycles. The number of hydrogen-bond acceptors (Lipinski definition) is 4. The van der Waals surface area contributed by atoms with Gasteiger partial charge in [0.1, 0.15) is 11.4 Å². The molecule has 0 aliphatic carbocycles. The van der Waals surface area contributed by atoms with Gasteiger partial charge < -0.3 is 9.72 Å². The van der Waals surface area contributed by atoms with Crippen LogP contribution in [0, 0.1) is 0 Å². The average molecular weight is 235 g/mol. The first kappa shape index (κ1) is 11.1. The smallest absolute Gasteiger partial charge is 0.356 e. The fourth-order valence-corrected chi connectivity index (χ4v) is 1.39. The van der Waals surface area contributed by atoms with Crippen LogP contribution in [0.15, 0.2) is 23.3 Å². The summed E-state index contributed by atoms with van der Waals surface area (Å²) in [6.07, 6.45) is 3.40. The highest BCUT2D eigenvalue weighted by Crippen LogP contribution is 2.09. The van der Waals surface area contributed by atoms with Crippen LogP contribution in [-0.2, 0) is 11.8 Å². The Morgan fingerprint density at radius 1 is 1.53 bits per heavy atom. The van der Waals surface area contributed by atoms with E-state index in [1.807, 2.05) is 0 Å². The Labute approximate surface area is 96.1 Å². The number of esters is 1. The van der Waals surface area contributed by atoms with E-state index in [9.17, 15) is 9.59 Å². The molecule has 17 heavy (non-hydrogen) atoms. The molecule has 0 unspecified atom stereocenters.